The van der Waals surface area contributed by atoms with Crippen LogP contribution < -0.4 is 15.2 Å². The first-order chi connectivity index (χ1) is 9.76. The topological polar surface area (TPSA) is 83.4 Å². The van der Waals surface area contributed by atoms with Gasteiger partial charge in [0.2, 0.25) is 11.7 Å². The minimum Gasteiger partial charge on any atom is -0.493 e. The highest BCUT2D eigenvalue weighted by atomic mass is 16.5. The minimum atomic E-state index is 0.242. The highest BCUT2D eigenvalue weighted by Gasteiger charge is 2.09. The van der Waals surface area contributed by atoms with Gasteiger partial charge in [-0.3, -0.25) is 0 Å². The Kier molecular flexibility index (Phi) is 4.95. The summed E-state index contributed by atoms with van der Waals surface area (Å²) in [6, 6.07) is 5.77. The Bertz CT molecular complexity index is 554. The number of aromatic nitrogens is 2. The fourth-order valence-corrected chi connectivity index (χ4v) is 1.79. The van der Waals surface area contributed by atoms with Gasteiger partial charge >= 0.3 is 0 Å². The van der Waals surface area contributed by atoms with E-state index in [4.69, 9.17) is 19.7 Å². The van der Waals surface area contributed by atoms with Crippen LogP contribution in [-0.2, 0) is 19.4 Å². The number of hydrogen-bond donors (Lipinski definition) is 1. The van der Waals surface area contributed by atoms with Gasteiger partial charge in [0.1, 0.15) is 0 Å². The predicted molar refractivity (Wildman–Crippen MR) is 73.8 cm³/mol. The number of methoxy groups -OCH3 is 1. The maximum atomic E-state index is 5.71. The van der Waals surface area contributed by atoms with Crippen molar-refractivity contribution in [1.82, 2.24) is 10.1 Å². The number of benzene rings is 1. The van der Waals surface area contributed by atoms with E-state index in [9.17, 15) is 0 Å². The summed E-state index contributed by atoms with van der Waals surface area (Å²) in [5.41, 5.74) is 6.66. The van der Waals surface area contributed by atoms with E-state index in [-0.39, 0.29) is 6.61 Å². The van der Waals surface area contributed by atoms with Crippen LogP contribution in [0.3, 0.4) is 0 Å². The summed E-state index contributed by atoms with van der Waals surface area (Å²) >= 11 is 0. The number of nitrogens with two attached hydrogens (primary N) is 1. The molecular formula is C14H19N3O3. The zero-order valence-corrected chi connectivity index (χ0v) is 11.8. The molecular weight excluding hydrogens is 258 g/mol. The fourth-order valence-electron chi connectivity index (χ4n) is 1.79. The van der Waals surface area contributed by atoms with Gasteiger partial charge in [0.25, 0.3) is 0 Å². The van der Waals surface area contributed by atoms with Crippen LogP contribution in [0.2, 0.25) is 0 Å². The van der Waals surface area contributed by atoms with Crippen LogP contribution in [0.4, 0.5) is 0 Å². The lowest BCUT2D eigenvalue weighted by molar-refractivity contribution is 0.269. The van der Waals surface area contributed by atoms with Gasteiger partial charge in [-0.1, -0.05) is 18.1 Å². The summed E-state index contributed by atoms with van der Waals surface area (Å²) in [6.45, 7) is 2.79. The molecule has 0 saturated heterocycles. The Labute approximate surface area is 117 Å². The van der Waals surface area contributed by atoms with Crippen molar-refractivity contribution in [3.8, 4) is 11.5 Å². The highest BCUT2D eigenvalue weighted by Crippen LogP contribution is 2.28. The van der Waals surface area contributed by atoms with E-state index >= 15 is 0 Å². The lowest BCUT2D eigenvalue weighted by Gasteiger charge is -2.10. The third-order valence-corrected chi connectivity index (χ3v) is 2.83. The van der Waals surface area contributed by atoms with Crippen LogP contribution in [0.1, 0.15) is 24.2 Å². The summed E-state index contributed by atoms with van der Waals surface area (Å²) in [5.74, 6) is 2.45. The minimum absolute atomic E-state index is 0.242. The van der Waals surface area contributed by atoms with Crippen molar-refractivity contribution in [3.63, 3.8) is 0 Å². The summed E-state index contributed by atoms with van der Waals surface area (Å²) in [6.07, 6.45) is 1.50. The van der Waals surface area contributed by atoms with E-state index in [0.29, 0.717) is 36.2 Å². The van der Waals surface area contributed by atoms with Crippen LogP contribution in [0.25, 0.3) is 0 Å². The average Bonchev–Trinajstić information content (AvgIpc) is 2.93. The van der Waals surface area contributed by atoms with Crippen molar-refractivity contribution in [1.29, 1.82) is 0 Å². The van der Waals surface area contributed by atoms with E-state index in [0.717, 1.165) is 12.0 Å². The molecule has 6 heteroatoms. The monoisotopic (exact) mass is 277 g/mol. The van der Waals surface area contributed by atoms with E-state index in [2.05, 4.69) is 10.1 Å². The molecule has 6 nitrogen and oxygen atoms in total. The van der Waals surface area contributed by atoms with E-state index in [1.807, 2.05) is 25.1 Å². The number of ether oxygens (including phenoxy) is 2. The Balaban J connectivity index is 2.08. The van der Waals surface area contributed by atoms with Crippen molar-refractivity contribution in [2.24, 2.45) is 5.73 Å². The molecule has 0 radical (unpaired) electrons. The van der Waals surface area contributed by atoms with Crippen LogP contribution in [0.15, 0.2) is 22.7 Å². The molecule has 0 aliphatic rings. The first-order valence-electron chi connectivity index (χ1n) is 6.58. The highest BCUT2D eigenvalue weighted by molar-refractivity contribution is 5.43. The smallest absolute Gasteiger partial charge is 0.226 e. The summed E-state index contributed by atoms with van der Waals surface area (Å²) in [5, 5.41) is 3.84. The van der Waals surface area contributed by atoms with Crippen LogP contribution in [-0.4, -0.2) is 23.8 Å². The van der Waals surface area contributed by atoms with Gasteiger partial charge in [0, 0.05) is 6.42 Å². The second-order valence-corrected chi connectivity index (χ2v) is 4.27. The van der Waals surface area contributed by atoms with Gasteiger partial charge in [0.15, 0.2) is 18.1 Å². The molecule has 108 valence electrons. The standard InChI is InChI=1S/C14H19N3O3/c1-3-14-16-13(17-20-14)9-19-12-8-10(6-7-15)4-5-11(12)18-2/h4-5,8H,3,6-7,9,15H2,1-2H3. The first kappa shape index (κ1) is 14.3. The average molecular weight is 277 g/mol. The molecule has 20 heavy (non-hydrogen) atoms. The zero-order valence-electron chi connectivity index (χ0n) is 11.8. The SMILES string of the molecule is CCc1nc(COc2cc(CCN)ccc2OC)no1. The van der Waals surface area contributed by atoms with Gasteiger partial charge in [-0.05, 0) is 30.7 Å². The molecule has 0 aliphatic heterocycles. The van der Waals surface area contributed by atoms with E-state index in [1.54, 1.807) is 7.11 Å². The Hall–Kier alpha value is -2.08. The number of hydrogen-bond acceptors (Lipinski definition) is 6. The van der Waals surface area contributed by atoms with Crippen LogP contribution >= 0.6 is 0 Å². The maximum Gasteiger partial charge on any atom is 0.226 e. The van der Waals surface area contributed by atoms with Crippen LogP contribution in [0.5, 0.6) is 11.5 Å². The van der Waals surface area contributed by atoms with Gasteiger partial charge in [-0.2, -0.15) is 4.98 Å². The molecule has 0 fully saturated rings. The number of nitrogens with zero attached hydrogens (tertiary/aromatic N) is 2. The lowest BCUT2D eigenvalue weighted by Crippen LogP contribution is -2.04. The van der Waals surface area contributed by atoms with Crippen molar-refractivity contribution in [2.45, 2.75) is 26.4 Å². The summed E-state index contributed by atoms with van der Waals surface area (Å²) in [7, 11) is 1.61. The molecule has 1 aromatic heterocycles. The van der Waals surface area contributed by atoms with Gasteiger partial charge < -0.3 is 19.7 Å². The molecule has 0 saturated carbocycles. The lowest BCUT2D eigenvalue weighted by atomic mass is 10.1. The maximum absolute atomic E-state index is 5.71. The summed E-state index contributed by atoms with van der Waals surface area (Å²) in [4.78, 5) is 4.19. The van der Waals surface area contributed by atoms with Gasteiger partial charge in [-0.25, -0.2) is 0 Å². The Morgan fingerprint density at radius 3 is 2.80 bits per heavy atom. The second-order valence-electron chi connectivity index (χ2n) is 4.27. The molecule has 0 aliphatic carbocycles. The molecule has 0 spiro atoms. The molecule has 2 aromatic rings. The van der Waals surface area contributed by atoms with Crippen molar-refractivity contribution < 1.29 is 14.0 Å². The third-order valence-electron chi connectivity index (χ3n) is 2.83. The molecule has 0 atom stereocenters. The molecule has 2 rings (SSSR count). The van der Waals surface area contributed by atoms with E-state index in [1.165, 1.54) is 0 Å². The first-order valence-corrected chi connectivity index (χ1v) is 6.58. The fraction of sp³-hybridized carbons (Fsp3) is 0.429. The molecule has 2 N–H and O–H groups in total. The molecule has 0 amide bonds. The van der Waals surface area contributed by atoms with Crippen LogP contribution in [0, 0.1) is 0 Å². The van der Waals surface area contributed by atoms with E-state index < -0.39 is 0 Å². The third kappa shape index (κ3) is 3.48. The molecule has 0 bridgehead atoms. The van der Waals surface area contributed by atoms with Gasteiger partial charge in [0.05, 0.1) is 7.11 Å². The summed E-state index contributed by atoms with van der Waals surface area (Å²) < 4.78 is 16.0. The molecule has 1 aromatic carbocycles. The normalized spacial score (nSPS) is 10.6. The Morgan fingerprint density at radius 1 is 1.30 bits per heavy atom. The number of rotatable bonds is 7. The molecule has 0 unspecified atom stereocenters. The number of aryl methyl sites for hydroxylation is 1. The largest absolute Gasteiger partial charge is 0.493 e. The van der Waals surface area contributed by atoms with Crippen molar-refractivity contribution in [3.05, 3.63) is 35.5 Å². The predicted octanol–water partition coefficient (Wildman–Crippen LogP) is 1.72. The Morgan fingerprint density at radius 2 is 2.15 bits per heavy atom. The van der Waals surface area contributed by atoms with Crippen molar-refractivity contribution >= 4 is 0 Å². The quantitative estimate of drug-likeness (QED) is 0.829. The van der Waals surface area contributed by atoms with Crippen molar-refractivity contribution in [2.75, 3.05) is 13.7 Å². The zero-order chi connectivity index (χ0) is 14.4. The second kappa shape index (κ2) is 6.91. The molecule has 1 heterocycles. The van der Waals surface area contributed by atoms with Gasteiger partial charge in [-0.15, -0.1) is 0 Å².